The van der Waals surface area contributed by atoms with E-state index in [2.05, 4.69) is 0 Å². The monoisotopic (exact) mass is 272 g/mol. The zero-order valence-electron chi connectivity index (χ0n) is 11.9. The predicted octanol–water partition coefficient (Wildman–Crippen LogP) is 2.58. The van der Waals surface area contributed by atoms with E-state index in [1.54, 1.807) is 19.2 Å². The third-order valence-corrected chi connectivity index (χ3v) is 3.09. The minimum absolute atomic E-state index is 0.690. The smallest absolute Gasteiger partial charge is 0.118 e. The summed E-state index contributed by atoms with van der Waals surface area (Å²) in [6, 6.07) is 15.8. The predicted molar refractivity (Wildman–Crippen MR) is 79.4 cm³/mol. The van der Waals surface area contributed by atoms with E-state index in [-0.39, 0.29) is 0 Å². The number of benzene rings is 2. The fraction of sp³-hybridized carbons (Fsp3) is 0.250. The molecule has 4 heteroatoms. The normalized spacial score (nSPS) is 10.6. The molecule has 0 aliphatic carbocycles. The SMILES string of the molecule is COc1ccc(CN(N)Cc2ccc(OC)cc2)cc1. The fourth-order valence-corrected chi connectivity index (χ4v) is 1.99. The average molecular weight is 272 g/mol. The Morgan fingerprint density at radius 1 is 0.750 bits per heavy atom. The number of hydrazine groups is 1. The van der Waals surface area contributed by atoms with E-state index in [0.717, 1.165) is 22.6 Å². The van der Waals surface area contributed by atoms with Crippen LogP contribution in [0.2, 0.25) is 0 Å². The molecule has 0 saturated carbocycles. The molecule has 0 fully saturated rings. The van der Waals surface area contributed by atoms with Gasteiger partial charge >= 0.3 is 0 Å². The molecule has 0 aliphatic rings. The molecule has 0 unspecified atom stereocenters. The second-order valence-electron chi connectivity index (χ2n) is 4.60. The number of nitrogens with zero attached hydrogens (tertiary/aromatic N) is 1. The zero-order valence-corrected chi connectivity index (χ0v) is 11.9. The summed E-state index contributed by atoms with van der Waals surface area (Å²) < 4.78 is 10.3. The molecule has 0 heterocycles. The van der Waals surface area contributed by atoms with Gasteiger partial charge in [0, 0.05) is 13.1 Å². The summed E-state index contributed by atoms with van der Waals surface area (Å²) in [5.74, 6) is 7.76. The second kappa shape index (κ2) is 6.93. The Balaban J connectivity index is 1.91. The Bertz CT molecular complexity index is 474. The lowest BCUT2D eigenvalue weighted by atomic mass is 10.2. The summed E-state index contributed by atoms with van der Waals surface area (Å²) in [6.45, 7) is 1.38. The topological polar surface area (TPSA) is 47.7 Å². The van der Waals surface area contributed by atoms with E-state index >= 15 is 0 Å². The Labute approximate surface area is 119 Å². The maximum Gasteiger partial charge on any atom is 0.118 e. The summed E-state index contributed by atoms with van der Waals surface area (Å²) in [5, 5.41) is 1.78. The number of ether oxygens (including phenoxy) is 2. The first-order valence-corrected chi connectivity index (χ1v) is 6.47. The highest BCUT2D eigenvalue weighted by Crippen LogP contribution is 2.15. The molecule has 2 aromatic rings. The minimum Gasteiger partial charge on any atom is -0.497 e. The summed E-state index contributed by atoms with van der Waals surface area (Å²) in [4.78, 5) is 0. The van der Waals surface area contributed by atoms with Crippen molar-refractivity contribution >= 4 is 0 Å². The molecule has 106 valence electrons. The van der Waals surface area contributed by atoms with Gasteiger partial charge in [-0.15, -0.1) is 0 Å². The summed E-state index contributed by atoms with van der Waals surface area (Å²) in [7, 11) is 3.32. The van der Waals surface area contributed by atoms with Crippen LogP contribution in [0.3, 0.4) is 0 Å². The molecule has 4 nitrogen and oxygen atoms in total. The molecule has 20 heavy (non-hydrogen) atoms. The van der Waals surface area contributed by atoms with Crippen molar-refractivity contribution in [3.05, 3.63) is 59.7 Å². The van der Waals surface area contributed by atoms with Gasteiger partial charge in [0.25, 0.3) is 0 Å². The lowest BCUT2D eigenvalue weighted by molar-refractivity contribution is 0.265. The minimum atomic E-state index is 0.690. The van der Waals surface area contributed by atoms with Crippen molar-refractivity contribution in [3.8, 4) is 11.5 Å². The van der Waals surface area contributed by atoms with Gasteiger partial charge in [0.05, 0.1) is 14.2 Å². The van der Waals surface area contributed by atoms with E-state index in [4.69, 9.17) is 15.3 Å². The highest BCUT2D eigenvalue weighted by atomic mass is 16.5. The second-order valence-corrected chi connectivity index (χ2v) is 4.60. The Morgan fingerprint density at radius 3 is 1.40 bits per heavy atom. The van der Waals surface area contributed by atoms with Crippen molar-refractivity contribution in [1.82, 2.24) is 5.01 Å². The summed E-state index contributed by atoms with van der Waals surface area (Å²) >= 11 is 0. The first-order valence-electron chi connectivity index (χ1n) is 6.47. The van der Waals surface area contributed by atoms with E-state index in [1.165, 1.54) is 0 Å². The molecule has 0 bridgehead atoms. The third-order valence-electron chi connectivity index (χ3n) is 3.09. The van der Waals surface area contributed by atoms with Gasteiger partial charge in [0.1, 0.15) is 11.5 Å². The summed E-state index contributed by atoms with van der Waals surface area (Å²) in [5.41, 5.74) is 2.31. The largest absolute Gasteiger partial charge is 0.497 e. The number of hydrogen-bond donors (Lipinski definition) is 1. The van der Waals surface area contributed by atoms with Crippen LogP contribution >= 0.6 is 0 Å². The van der Waals surface area contributed by atoms with E-state index < -0.39 is 0 Å². The molecule has 0 radical (unpaired) electrons. The lowest BCUT2D eigenvalue weighted by Crippen LogP contribution is -2.29. The molecular formula is C16H20N2O2. The van der Waals surface area contributed by atoms with Crippen molar-refractivity contribution < 1.29 is 9.47 Å². The molecule has 2 aromatic carbocycles. The lowest BCUT2D eigenvalue weighted by Gasteiger charge is -2.17. The van der Waals surface area contributed by atoms with Gasteiger partial charge in [0.2, 0.25) is 0 Å². The van der Waals surface area contributed by atoms with E-state index in [1.807, 2.05) is 48.5 Å². The van der Waals surface area contributed by atoms with Crippen LogP contribution < -0.4 is 15.3 Å². The van der Waals surface area contributed by atoms with Gasteiger partial charge in [-0.2, -0.15) is 0 Å². The van der Waals surface area contributed by atoms with Crippen molar-refractivity contribution in [2.75, 3.05) is 14.2 Å². The number of nitrogens with two attached hydrogens (primary N) is 1. The van der Waals surface area contributed by atoms with Crippen molar-refractivity contribution in [2.24, 2.45) is 5.84 Å². The van der Waals surface area contributed by atoms with E-state index in [0.29, 0.717) is 13.1 Å². The Kier molecular flexibility index (Phi) is 4.98. The van der Waals surface area contributed by atoms with Crippen LogP contribution in [0.5, 0.6) is 11.5 Å². The molecule has 2 N–H and O–H groups in total. The number of methoxy groups -OCH3 is 2. The molecular weight excluding hydrogens is 252 g/mol. The fourth-order valence-electron chi connectivity index (χ4n) is 1.99. The van der Waals surface area contributed by atoms with Crippen molar-refractivity contribution in [1.29, 1.82) is 0 Å². The van der Waals surface area contributed by atoms with Crippen LogP contribution in [0, 0.1) is 0 Å². The molecule has 0 aromatic heterocycles. The van der Waals surface area contributed by atoms with Crippen molar-refractivity contribution in [2.45, 2.75) is 13.1 Å². The molecule has 0 amide bonds. The molecule has 2 rings (SSSR count). The number of hydrogen-bond acceptors (Lipinski definition) is 4. The Hall–Kier alpha value is -2.04. The van der Waals surface area contributed by atoms with Crippen molar-refractivity contribution in [3.63, 3.8) is 0 Å². The maximum atomic E-state index is 6.05. The zero-order chi connectivity index (χ0) is 14.4. The highest BCUT2D eigenvalue weighted by Gasteiger charge is 2.03. The molecule has 0 spiro atoms. The molecule has 0 atom stereocenters. The van der Waals surface area contributed by atoms with Crippen LogP contribution in [-0.2, 0) is 13.1 Å². The van der Waals surface area contributed by atoms with Gasteiger partial charge in [-0.3, -0.25) is 5.84 Å². The van der Waals surface area contributed by atoms with Crippen LogP contribution in [0.1, 0.15) is 11.1 Å². The van der Waals surface area contributed by atoms with Gasteiger partial charge in [-0.1, -0.05) is 24.3 Å². The molecule has 0 saturated heterocycles. The van der Waals surface area contributed by atoms with Crippen LogP contribution in [-0.4, -0.2) is 19.2 Å². The summed E-state index contributed by atoms with van der Waals surface area (Å²) in [6.07, 6.45) is 0. The maximum absolute atomic E-state index is 6.05. The average Bonchev–Trinajstić information content (AvgIpc) is 2.49. The number of rotatable bonds is 6. The Morgan fingerprint density at radius 2 is 1.10 bits per heavy atom. The highest BCUT2D eigenvalue weighted by molar-refractivity contribution is 5.28. The van der Waals surface area contributed by atoms with E-state index in [9.17, 15) is 0 Å². The quantitative estimate of drug-likeness (QED) is 0.648. The standard InChI is InChI=1S/C16H20N2O2/c1-19-15-7-3-13(4-8-15)11-18(17)12-14-5-9-16(20-2)10-6-14/h3-10H,11-12,17H2,1-2H3. The van der Waals surface area contributed by atoms with Crippen LogP contribution in [0.15, 0.2) is 48.5 Å². The van der Waals surface area contributed by atoms with Gasteiger partial charge in [-0.05, 0) is 35.4 Å². The van der Waals surface area contributed by atoms with Gasteiger partial charge < -0.3 is 9.47 Å². The van der Waals surface area contributed by atoms with Crippen LogP contribution in [0.25, 0.3) is 0 Å². The van der Waals surface area contributed by atoms with Gasteiger partial charge in [0.15, 0.2) is 0 Å². The van der Waals surface area contributed by atoms with Gasteiger partial charge in [-0.25, -0.2) is 5.01 Å². The first kappa shape index (κ1) is 14.4. The molecule has 0 aliphatic heterocycles. The van der Waals surface area contributed by atoms with Crippen LogP contribution in [0.4, 0.5) is 0 Å². The third kappa shape index (κ3) is 3.98. The first-order chi connectivity index (χ1) is 9.71.